The van der Waals surface area contributed by atoms with Gasteiger partial charge in [0.15, 0.2) is 0 Å². The molecule has 0 saturated carbocycles. The zero-order valence-corrected chi connectivity index (χ0v) is 16.5. The minimum atomic E-state index is 0.106. The summed E-state index contributed by atoms with van der Waals surface area (Å²) >= 11 is 0. The fourth-order valence-electron chi connectivity index (χ4n) is 3.89. The molecule has 5 rings (SSSR count). The summed E-state index contributed by atoms with van der Waals surface area (Å²) in [7, 11) is 0. The zero-order chi connectivity index (χ0) is 19.8. The number of aromatic nitrogens is 2. The van der Waals surface area contributed by atoms with E-state index in [1.807, 2.05) is 42.7 Å². The monoisotopic (exact) mass is 376 g/mol. The van der Waals surface area contributed by atoms with E-state index in [-0.39, 0.29) is 6.71 Å². The fourth-order valence-corrected chi connectivity index (χ4v) is 3.89. The lowest BCUT2D eigenvalue weighted by atomic mass is 9.36. The van der Waals surface area contributed by atoms with E-state index in [4.69, 9.17) is 9.72 Å². The quantitative estimate of drug-likeness (QED) is 0.448. The standard InChI is InChI=1S/C25H21BN2O/c1-17(2)18-12-13-22(27-15-18)23-14-25-21(16-28-23)26(19-8-4-3-5-9-19)20-10-6-7-11-24(20)29-25/h3-17H,1-2H3. The highest BCUT2D eigenvalue weighted by molar-refractivity contribution is 6.96. The second-order valence-corrected chi connectivity index (χ2v) is 7.72. The van der Waals surface area contributed by atoms with E-state index in [0.717, 1.165) is 28.3 Å². The molecule has 4 heteroatoms. The van der Waals surface area contributed by atoms with Crippen molar-refractivity contribution < 1.29 is 4.74 Å². The van der Waals surface area contributed by atoms with E-state index in [1.165, 1.54) is 16.5 Å². The summed E-state index contributed by atoms with van der Waals surface area (Å²) in [6.45, 7) is 4.44. The van der Waals surface area contributed by atoms with Crippen molar-refractivity contribution in [2.75, 3.05) is 0 Å². The van der Waals surface area contributed by atoms with Gasteiger partial charge in [0.05, 0.1) is 11.4 Å². The van der Waals surface area contributed by atoms with Gasteiger partial charge in [-0.2, -0.15) is 0 Å². The molecule has 3 nitrogen and oxygen atoms in total. The number of rotatable bonds is 3. The molecule has 0 unspecified atom stereocenters. The molecule has 2 aromatic carbocycles. The van der Waals surface area contributed by atoms with E-state index in [0.29, 0.717) is 5.92 Å². The van der Waals surface area contributed by atoms with E-state index < -0.39 is 0 Å². The molecule has 0 N–H and O–H groups in total. The Morgan fingerprint density at radius 2 is 1.48 bits per heavy atom. The highest BCUT2D eigenvalue weighted by atomic mass is 16.5. The van der Waals surface area contributed by atoms with Crippen LogP contribution in [0.1, 0.15) is 25.3 Å². The van der Waals surface area contributed by atoms with Gasteiger partial charge in [-0.05, 0) is 34.5 Å². The van der Waals surface area contributed by atoms with Crippen LogP contribution >= 0.6 is 0 Å². The molecule has 1 aliphatic heterocycles. The molecule has 0 radical (unpaired) electrons. The van der Waals surface area contributed by atoms with E-state index in [2.05, 4.69) is 61.3 Å². The topological polar surface area (TPSA) is 35.0 Å². The van der Waals surface area contributed by atoms with E-state index in [9.17, 15) is 0 Å². The largest absolute Gasteiger partial charge is 0.458 e. The number of hydrogen-bond acceptors (Lipinski definition) is 3. The van der Waals surface area contributed by atoms with Crippen LogP contribution in [0.25, 0.3) is 11.4 Å². The second-order valence-electron chi connectivity index (χ2n) is 7.72. The van der Waals surface area contributed by atoms with Crippen molar-refractivity contribution in [2.24, 2.45) is 0 Å². The number of nitrogens with zero attached hydrogens (tertiary/aromatic N) is 2. The Bertz CT molecular complexity index is 1160. The highest BCUT2D eigenvalue weighted by Crippen LogP contribution is 2.27. The maximum Gasteiger partial charge on any atom is 0.252 e. The molecular weight excluding hydrogens is 355 g/mol. The molecular formula is C25H21BN2O. The Kier molecular flexibility index (Phi) is 4.40. The van der Waals surface area contributed by atoms with Gasteiger partial charge in [0.25, 0.3) is 6.71 Å². The average molecular weight is 376 g/mol. The summed E-state index contributed by atoms with van der Waals surface area (Å²) in [6, 6.07) is 24.9. The third kappa shape index (κ3) is 3.21. The van der Waals surface area contributed by atoms with Crippen molar-refractivity contribution in [3.63, 3.8) is 0 Å². The Balaban J connectivity index is 1.60. The van der Waals surface area contributed by atoms with Gasteiger partial charge in [0.1, 0.15) is 11.5 Å². The number of pyridine rings is 2. The van der Waals surface area contributed by atoms with Crippen LogP contribution in [0.2, 0.25) is 0 Å². The first-order valence-corrected chi connectivity index (χ1v) is 9.98. The van der Waals surface area contributed by atoms with Crippen LogP contribution in [0.3, 0.4) is 0 Å². The Morgan fingerprint density at radius 3 is 2.24 bits per heavy atom. The lowest BCUT2D eigenvalue weighted by Gasteiger charge is -2.26. The molecule has 0 saturated heterocycles. The van der Waals surface area contributed by atoms with Crippen molar-refractivity contribution in [3.8, 4) is 22.9 Å². The lowest BCUT2D eigenvalue weighted by Crippen LogP contribution is -2.54. The van der Waals surface area contributed by atoms with Gasteiger partial charge < -0.3 is 4.74 Å². The summed E-state index contributed by atoms with van der Waals surface area (Å²) in [5.74, 6) is 2.20. The van der Waals surface area contributed by atoms with Crippen molar-refractivity contribution >= 4 is 23.1 Å². The van der Waals surface area contributed by atoms with Gasteiger partial charge in [-0.25, -0.2) is 0 Å². The van der Waals surface area contributed by atoms with Crippen LogP contribution in [-0.4, -0.2) is 16.7 Å². The Labute approximate surface area is 171 Å². The first-order chi connectivity index (χ1) is 14.2. The van der Waals surface area contributed by atoms with Gasteiger partial charge in [-0.15, -0.1) is 0 Å². The maximum atomic E-state index is 6.29. The third-order valence-electron chi connectivity index (χ3n) is 5.50. The van der Waals surface area contributed by atoms with Crippen LogP contribution in [0.5, 0.6) is 11.5 Å². The number of fused-ring (bicyclic) bond motifs is 2. The minimum Gasteiger partial charge on any atom is -0.458 e. The maximum absolute atomic E-state index is 6.29. The van der Waals surface area contributed by atoms with E-state index >= 15 is 0 Å². The van der Waals surface area contributed by atoms with Crippen molar-refractivity contribution in [3.05, 3.63) is 90.8 Å². The summed E-state index contributed by atoms with van der Waals surface area (Å²) in [5, 5.41) is 0. The van der Waals surface area contributed by atoms with Crippen molar-refractivity contribution in [1.29, 1.82) is 0 Å². The molecule has 4 aromatic rings. The molecule has 0 bridgehead atoms. The molecule has 0 spiro atoms. The van der Waals surface area contributed by atoms with Crippen LogP contribution in [-0.2, 0) is 0 Å². The Hall–Kier alpha value is -3.40. The van der Waals surface area contributed by atoms with Gasteiger partial charge >= 0.3 is 0 Å². The zero-order valence-electron chi connectivity index (χ0n) is 16.5. The molecule has 29 heavy (non-hydrogen) atoms. The smallest absolute Gasteiger partial charge is 0.252 e. The number of hydrogen-bond donors (Lipinski definition) is 0. The van der Waals surface area contributed by atoms with Gasteiger partial charge in [-0.1, -0.05) is 73.9 Å². The average Bonchev–Trinajstić information content (AvgIpc) is 2.77. The van der Waals surface area contributed by atoms with Gasteiger partial charge in [0.2, 0.25) is 0 Å². The molecule has 0 amide bonds. The lowest BCUT2D eigenvalue weighted by molar-refractivity contribution is 0.487. The second kappa shape index (κ2) is 7.21. The normalized spacial score (nSPS) is 12.3. The molecule has 1 aliphatic rings. The fraction of sp³-hybridized carbons (Fsp3) is 0.120. The first kappa shape index (κ1) is 17.7. The summed E-state index contributed by atoms with van der Waals surface area (Å²) in [4.78, 5) is 9.37. The number of para-hydroxylation sites is 1. The van der Waals surface area contributed by atoms with Crippen LogP contribution in [0, 0.1) is 0 Å². The summed E-state index contributed by atoms with van der Waals surface area (Å²) in [6.07, 6.45) is 3.88. The van der Waals surface area contributed by atoms with Crippen LogP contribution in [0.15, 0.2) is 85.2 Å². The van der Waals surface area contributed by atoms with Crippen molar-refractivity contribution in [2.45, 2.75) is 19.8 Å². The predicted octanol–water partition coefficient (Wildman–Crippen LogP) is 3.89. The van der Waals surface area contributed by atoms with Crippen LogP contribution < -0.4 is 21.1 Å². The minimum absolute atomic E-state index is 0.106. The molecule has 0 aliphatic carbocycles. The summed E-state index contributed by atoms with van der Waals surface area (Å²) in [5.41, 5.74) is 6.39. The predicted molar refractivity (Wildman–Crippen MR) is 119 cm³/mol. The van der Waals surface area contributed by atoms with E-state index in [1.54, 1.807) is 0 Å². The third-order valence-corrected chi connectivity index (χ3v) is 5.50. The highest BCUT2D eigenvalue weighted by Gasteiger charge is 2.32. The molecule has 0 fully saturated rings. The van der Waals surface area contributed by atoms with Gasteiger partial charge in [-0.3, -0.25) is 9.97 Å². The molecule has 3 heterocycles. The summed E-state index contributed by atoms with van der Waals surface area (Å²) < 4.78 is 6.29. The van der Waals surface area contributed by atoms with Gasteiger partial charge in [0, 0.05) is 18.5 Å². The molecule has 140 valence electrons. The first-order valence-electron chi connectivity index (χ1n) is 9.98. The van der Waals surface area contributed by atoms with Crippen LogP contribution in [0.4, 0.5) is 0 Å². The number of ether oxygens (including phenoxy) is 1. The Morgan fingerprint density at radius 1 is 0.724 bits per heavy atom. The molecule has 0 atom stereocenters. The number of benzene rings is 2. The SMILES string of the molecule is CC(C)c1ccc(-c2cc3c(cn2)B(c2ccccc2)c2ccccc2O3)nc1. The molecule has 2 aromatic heterocycles. The van der Waals surface area contributed by atoms with Crippen molar-refractivity contribution in [1.82, 2.24) is 9.97 Å².